The quantitative estimate of drug-likeness (QED) is 0.176. The Hall–Kier alpha value is -3.26. The summed E-state index contributed by atoms with van der Waals surface area (Å²) in [6, 6.07) is 21.5. The van der Waals surface area contributed by atoms with Crippen molar-refractivity contribution in [3.8, 4) is 11.4 Å². The summed E-state index contributed by atoms with van der Waals surface area (Å²) in [7, 11) is 2.18. The zero-order valence-electron chi connectivity index (χ0n) is 23.5. The van der Waals surface area contributed by atoms with Crippen LogP contribution in [0.25, 0.3) is 33.5 Å². The lowest BCUT2D eigenvalue weighted by Crippen LogP contribution is -2.44. The van der Waals surface area contributed by atoms with Crippen LogP contribution in [0.3, 0.4) is 0 Å². The van der Waals surface area contributed by atoms with Crippen molar-refractivity contribution in [2.45, 2.75) is 19.3 Å². The zero-order chi connectivity index (χ0) is 28.2. The number of halogens is 2. The minimum atomic E-state index is 0.584. The van der Waals surface area contributed by atoms with Crippen LogP contribution in [0.5, 0.6) is 0 Å². The molecule has 2 aromatic heterocycles. The molecule has 0 unspecified atom stereocenters. The van der Waals surface area contributed by atoms with Gasteiger partial charge in [0.2, 0.25) is 0 Å². The van der Waals surface area contributed by atoms with Gasteiger partial charge in [0, 0.05) is 74.4 Å². The molecule has 0 atom stereocenters. The molecule has 214 valence electrons. The maximum Gasteiger partial charge on any atom is 0.140 e. The molecule has 0 saturated carbocycles. The Morgan fingerprint density at radius 3 is 2.44 bits per heavy atom. The number of nitrogens with zero attached hydrogens (tertiary/aromatic N) is 5. The van der Waals surface area contributed by atoms with Crippen LogP contribution < -0.4 is 9.80 Å². The van der Waals surface area contributed by atoms with Crippen molar-refractivity contribution >= 4 is 56.6 Å². The SMILES string of the molecule is CN1CCN(c2ccc3nc(-c4cccc5[nH]c(CCCc6cccc(N(CCCl)CCCl)c6)nc45)[nH]c3c2)CC1. The normalized spacial score (nSPS) is 14.4. The zero-order valence-corrected chi connectivity index (χ0v) is 25.1. The first kappa shape index (κ1) is 27.9. The van der Waals surface area contributed by atoms with Crippen molar-refractivity contribution < 1.29 is 0 Å². The van der Waals surface area contributed by atoms with Crippen molar-refractivity contribution in [1.29, 1.82) is 0 Å². The molecule has 5 aromatic rings. The van der Waals surface area contributed by atoms with Crippen molar-refractivity contribution in [3.63, 3.8) is 0 Å². The lowest BCUT2D eigenvalue weighted by molar-refractivity contribution is 0.313. The predicted molar refractivity (Wildman–Crippen MR) is 173 cm³/mol. The van der Waals surface area contributed by atoms with Gasteiger partial charge in [-0.2, -0.15) is 0 Å². The van der Waals surface area contributed by atoms with E-state index in [4.69, 9.17) is 33.2 Å². The second-order valence-corrected chi connectivity index (χ2v) is 11.6. The highest BCUT2D eigenvalue weighted by Gasteiger charge is 2.17. The highest BCUT2D eigenvalue weighted by atomic mass is 35.5. The average molecular weight is 591 g/mol. The topological polar surface area (TPSA) is 67.1 Å². The Morgan fingerprint density at radius 1 is 0.829 bits per heavy atom. The van der Waals surface area contributed by atoms with Gasteiger partial charge in [-0.3, -0.25) is 0 Å². The van der Waals surface area contributed by atoms with E-state index in [1.807, 2.05) is 0 Å². The third-order valence-corrected chi connectivity index (χ3v) is 8.35. The molecule has 1 aliphatic heterocycles. The highest BCUT2D eigenvalue weighted by Crippen LogP contribution is 2.29. The number of aromatic amines is 2. The Kier molecular flexibility index (Phi) is 8.65. The molecule has 41 heavy (non-hydrogen) atoms. The van der Waals surface area contributed by atoms with E-state index in [0.717, 1.165) is 97.8 Å². The second kappa shape index (κ2) is 12.7. The summed E-state index contributed by atoms with van der Waals surface area (Å²) in [5, 5.41) is 0. The molecule has 3 aromatic carbocycles. The van der Waals surface area contributed by atoms with Gasteiger partial charge in [-0.15, -0.1) is 23.2 Å². The largest absolute Gasteiger partial charge is 0.369 e. The van der Waals surface area contributed by atoms with Gasteiger partial charge in [-0.1, -0.05) is 18.2 Å². The van der Waals surface area contributed by atoms with Crippen molar-refractivity contribution in [2.24, 2.45) is 0 Å². The summed E-state index contributed by atoms with van der Waals surface area (Å²) in [5.74, 6) is 3.03. The molecule has 3 heterocycles. The number of benzene rings is 3. The molecule has 0 radical (unpaired) electrons. The lowest BCUT2D eigenvalue weighted by atomic mass is 10.1. The van der Waals surface area contributed by atoms with Gasteiger partial charge in [0.1, 0.15) is 11.6 Å². The summed E-state index contributed by atoms with van der Waals surface area (Å²) < 4.78 is 0. The molecule has 1 saturated heterocycles. The Balaban J connectivity index is 1.16. The van der Waals surface area contributed by atoms with Crippen LogP contribution in [0.4, 0.5) is 11.4 Å². The number of aromatic nitrogens is 4. The van der Waals surface area contributed by atoms with E-state index in [9.17, 15) is 0 Å². The van der Waals surface area contributed by atoms with Crippen LogP contribution in [-0.4, -0.2) is 82.9 Å². The molecule has 0 bridgehead atoms. The summed E-state index contributed by atoms with van der Waals surface area (Å²) in [6.45, 7) is 5.85. The van der Waals surface area contributed by atoms with E-state index in [2.05, 4.69) is 92.4 Å². The predicted octanol–water partition coefficient (Wildman–Crippen LogP) is 6.32. The summed E-state index contributed by atoms with van der Waals surface area (Å²) >= 11 is 12.0. The van der Waals surface area contributed by atoms with Gasteiger partial charge in [0.05, 0.1) is 22.1 Å². The van der Waals surface area contributed by atoms with E-state index in [-0.39, 0.29) is 0 Å². The van der Waals surface area contributed by atoms with Crippen molar-refractivity contribution in [1.82, 2.24) is 24.8 Å². The average Bonchev–Trinajstić information content (AvgIpc) is 3.61. The number of nitrogens with one attached hydrogen (secondary N) is 2. The molecular weight excluding hydrogens is 553 g/mol. The standard InChI is InChI=1S/C32H37Cl2N7/c1-39-17-19-41(20-18-39)25-11-12-27-29(22-25)37-32(36-27)26-8-4-9-28-31(26)38-30(35-28)10-3-6-23-5-2-7-24(21-23)40(15-13-33)16-14-34/h2,4-5,7-9,11-12,21-22H,3,6,10,13-20H2,1H3,(H,35,38)(H,36,37). The molecule has 2 N–H and O–H groups in total. The van der Waals surface area contributed by atoms with Gasteiger partial charge >= 0.3 is 0 Å². The number of anilines is 2. The molecule has 7 nitrogen and oxygen atoms in total. The smallest absolute Gasteiger partial charge is 0.140 e. The third kappa shape index (κ3) is 6.32. The van der Waals surface area contributed by atoms with Crippen LogP contribution >= 0.6 is 23.2 Å². The van der Waals surface area contributed by atoms with Gasteiger partial charge in [-0.25, -0.2) is 9.97 Å². The number of hydrogen-bond donors (Lipinski definition) is 2. The van der Waals surface area contributed by atoms with E-state index < -0.39 is 0 Å². The Labute approximate surface area is 251 Å². The fourth-order valence-electron chi connectivity index (χ4n) is 5.72. The minimum Gasteiger partial charge on any atom is -0.369 e. The number of aryl methyl sites for hydroxylation is 2. The number of para-hydroxylation sites is 1. The highest BCUT2D eigenvalue weighted by molar-refractivity contribution is 6.18. The van der Waals surface area contributed by atoms with E-state index in [0.29, 0.717) is 11.8 Å². The summed E-state index contributed by atoms with van der Waals surface area (Å²) in [5.41, 5.74) is 8.79. The van der Waals surface area contributed by atoms with E-state index in [1.54, 1.807) is 0 Å². The van der Waals surface area contributed by atoms with Gasteiger partial charge < -0.3 is 24.7 Å². The first-order chi connectivity index (χ1) is 20.1. The number of H-pyrrole nitrogens is 2. The van der Waals surface area contributed by atoms with Gasteiger partial charge in [-0.05, 0) is 67.9 Å². The molecule has 1 aliphatic rings. The number of rotatable bonds is 11. The van der Waals surface area contributed by atoms with Crippen LogP contribution in [0.1, 0.15) is 17.8 Å². The van der Waals surface area contributed by atoms with Crippen LogP contribution in [0.2, 0.25) is 0 Å². The molecule has 9 heteroatoms. The van der Waals surface area contributed by atoms with Crippen LogP contribution in [-0.2, 0) is 12.8 Å². The van der Waals surface area contributed by atoms with Gasteiger partial charge in [0.25, 0.3) is 0 Å². The lowest BCUT2D eigenvalue weighted by Gasteiger charge is -2.34. The van der Waals surface area contributed by atoms with Gasteiger partial charge in [0.15, 0.2) is 0 Å². The number of fused-ring (bicyclic) bond motifs is 2. The number of likely N-dealkylation sites (N-methyl/N-ethyl adjacent to an activating group) is 1. The minimum absolute atomic E-state index is 0.584. The van der Waals surface area contributed by atoms with Crippen molar-refractivity contribution in [3.05, 3.63) is 72.1 Å². The fourth-order valence-corrected chi connectivity index (χ4v) is 6.13. The number of imidazole rings is 2. The van der Waals surface area contributed by atoms with Crippen LogP contribution in [0, 0.1) is 0 Å². The second-order valence-electron chi connectivity index (χ2n) is 10.9. The molecule has 0 aliphatic carbocycles. The monoisotopic (exact) mass is 589 g/mol. The fraction of sp³-hybridized carbons (Fsp3) is 0.375. The Bertz CT molecular complexity index is 1600. The first-order valence-electron chi connectivity index (χ1n) is 14.5. The summed E-state index contributed by atoms with van der Waals surface area (Å²) in [6.07, 6.45) is 2.86. The third-order valence-electron chi connectivity index (χ3n) is 8.01. The molecule has 0 spiro atoms. The maximum atomic E-state index is 6.01. The molecule has 0 amide bonds. The van der Waals surface area contributed by atoms with E-state index in [1.165, 1.54) is 16.9 Å². The molecule has 1 fully saturated rings. The van der Waals surface area contributed by atoms with Crippen LogP contribution in [0.15, 0.2) is 60.7 Å². The number of alkyl halides is 2. The van der Waals surface area contributed by atoms with Crippen molar-refractivity contribution in [2.75, 3.05) is 67.9 Å². The first-order valence-corrected chi connectivity index (χ1v) is 15.6. The number of hydrogen-bond acceptors (Lipinski definition) is 5. The Morgan fingerprint density at radius 2 is 1.63 bits per heavy atom. The maximum absolute atomic E-state index is 6.01. The van der Waals surface area contributed by atoms with E-state index >= 15 is 0 Å². The molecule has 6 rings (SSSR count). The number of piperazine rings is 1. The summed E-state index contributed by atoms with van der Waals surface area (Å²) in [4.78, 5) is 24.1. The molecular formula is C32H37Cl2N7.